The SMILES string of the molecule is C=CCCCN(C)C(=NC)NCC(C)C(=O)OC. The van der Waals surface area contributed by atoms with Crippen molar-refractivity contribution in [2.45, 2.75) is 19.8 Å². The highest BCUT2D eigenvalue weighted by atomic mass is 16.5. The predicted octanol–water partition coefficient (Wildman–Crippen LogP) is 1.27. The maximum atomic E-state index is 11.3. The quantitative estimate of drug-likeness (QED) is 0.245. The van der Waals surface area contributed by atoms with Gasteiger partial charge in [-0.05, 0) is 12.8 Å². The highest BCUT2D eigenvalue weighted by Gasteiger charge is 2.14. The molecule has 1 unspecified atom stereocenters. The monoisotopic (exact) mass is 255 g/mol. The Morgan fingerprint density at radius 1 is 1.61 bits per heavy atom. The van der Waals surface area contributed by atoms with Gasteiger partial charge in [-0.3, -0.25) is 9.79 Å². The molecule has 0 heterocycles. The van der Waals surface area contributed by atoms with Crippen molar-refractivity contribution < 1.29 is 9.53 Å². The first kappa shape index (κ1) is 16.5. The molecule has 0 fully saturated rings. The van der Waals surface area contributed by atoms with Crippen molar-refractivity contribution in [3.63, 3.8) is 0 Å². The molecule has 5 nitrogen and oxygen atoms in total. The predicted molar refractivity (Wildman–Crippen MR) is 74.6 cm³/mol. The van der Waals surface area contributed by atoms with E-state index in [0.29, 0.717) is 6.54 Å². The van der Waals surface area contributed by atoms with Crippen LogP contribution in [-0.2, 0) is 9.53 Å². The number of esters is 1. The first-order valence-corrected chi connectivity index (χ1v) is 6.17. The van der Waals surface area contributed by atoms with E-state index in [2.05, 4.69) is 21.6 Å². The summed E-state index contributed by atoms with van der Waals surface area (Å²) in [5, 5.41) is 3.16. The Hall–Kier alpha value is -1.52. The first-order valence-electron chi connectivity index (χ1n) is 6.17. The second-order valence-corrected chi connectivity index (χ2v) is 4.20. The number of rotatable bonds is 7. The first-order chi connectivity index (χ1) is 8.56. The van der Waals surface area contributed by atoms with Gasteiger partial charge in [0.1, 0.15) is 0 Å². The average Bonchev–Trinajstić information content (AvgIpc) is 2.38. The molecule has 0 aliphatic rings. The molecule has 0 radical (unpaired) electrons. The van der Waals surface area contributed by atoms with Gasteiger partial charge in [-0.25, -0.2) is 0 Å². The van der Waals surface area contributed by atoms with E-state index in [9.17, 15) is 4.79 Å². The van der Waals surface area contributed by atoms with E-state index >= 15 is 0 Å². The van der Waals surface area contributed by atoms with Crippen LogP contribution in [0.5, 0.6) is 0 Å². The second kappa shape index (κ2) is 9.50. The average molecular weight is 255 g/mol. The zero-order valence-corrected chi connectivity index (χ0v) is 11.9. The summed E-state index contributed by atoms with van der Waals surface area (Å²) in [4.78, 5) is 17.5. The normalized spacial score (nSPS) is 12.8. The van der Waals surface area contributed by atoms with Crippen LogP contribution in [0, 0.1) is 5.92 Å². The Labute approximate surface area is 110 Å². The molecule has 0 saturated carbocycles. The third kappa shape index (κ3) is 6.27. The van der Waals surface area contributed by atoms with Crippen molar-refractivity contribution in [3.8, 4) is 0 Å². The smallest absolute Gasteiger partial charge is 0.310 e. The largest absolute Gasteiger partial charge is 0.469 e. The number of carbonyl (C=O) groups is 1. The standard InChI is InChI=1S/C13H25N3O2/c1-6-7-8-9-16(4)13(14-3)15-10-11(2)12(17)18-5/h6,11H,1,7-10H2,2-5H3,(H,14,15). The van der Waals surface area contributed by atoms with Gasteiger partial charge in [0.15, 0.2) is 5.96 Å². The molecule has 0 spiro atoms. The van der Waals surface area contributed by atoms with Crippen molar-refractivity contribution in [3.05, 3.63) is 12.7 Å². The Bertz CT molecular complexity index is 290. The molecule has 0 aromatic heterocycles. The Morgan fingerprint density at radius 2 is 2.28 bits per heavy atom. The van der Waals surface area contributed by atoms with E-state index in [4.69, 9.17) is 0 Å². The molecule has 0 rings (SSSR count). The lowest BCUT2D eigenvalue weighted by Crippen LogP contribution is -2.42. The summed E-state index contributed by atoms with van der Waals surface area (Å²) >= 11 is 0. The number of ether oxygens (including phenoxy) is 1. The molecule has 18 heavy (non-hydrogen) atoms. The maximum Gasteiger partial charge on any atom is 0.310 e. The minimum absolute atomic E-state index is 0.187. The highest BCUT2D eigenvalue weighted by Crippen LogP contribution is 1.98. The lowest BCUT2D eigenvalue weighted by molar-refractivity contribution is -0.144. The van der Waals surface area contributed by atoms with Crippen LogP contribution in [0.2, 0.25) is 0 Å². The van der Waals surface area contributed by atoms with Gasteiger partial charge in [0, 0.05) is 27.2 Å². The molecule has 0 aromatic rings. The maximum absolute atomic E-state index is 11.3. The lowest BCUT2D eigenvalue weighted by atomic mass is 10.2. The minimum Gasteiger partial charge on any atom is -0.469 e. The Balaban J connectivity index is 4.11. The van der Waals surface area contributed by atoms with E-state index in [0.717, 1.165) is 25.3 Å². The van der Waals surface area contributed by atoms with Gasteiger partial charge < -0.3 is 15.0 Å². The fourth-order valence-corrected chi connectivity index (χ4v) is 1.49. The summed E-state index contributed by atoms with van der Waals surface area (Å²) in [6.07, 6.45) is 3.93. The minimum atomic E-state index is -0.215. The number of nitrogens with one attached hydrogen (secondary N) is 1. The van der Waals surface area contributed by atoms with Crippen LogP contribution in [0.25, 0.3) is 0 Å². The Morgan fingerprint density at radius 3 is 2.78 bits per heavy atom. The van der Waals surface area contributed by atoms with Crippen LogP contribution in [0.1, 0.15) is 19.8 Å². The molecular formula is C13H25N3O2. The molecule has 1 N–H and O–H groups in total. The zero-order valence-electron chi connectivity index (χ0n) is 11.9. The van der Waals surface area contributed by atoms with E-state index < -0.39 is 0 Å². The molecule has 0 bridgehead atoms. The van der Waals surface area contributed by atoms with Crippen molar-refractivity contribution >= 4 is 11.9 Å². The third-order valence-electron chi connectivity index (χ3n) is 2.65. The van der Waals surface area contributed by atoms with E-state index in [-0.39, 0.29) is 11.9 Å². The number of hydrogen-bond acceptors (Lipinski definition) is 3. The molecule has 0 amide bonds. The number of allylic oxidation sites excluding steroid dienone is 1. The number of nitrogens with zero attached hydrogens (tertiary/aromatic N) is 2. The summed E-state index contributed by atoms with van der Waals surface area (Å²) in [5.74, 6) is 0.385. The zero-order chi connectivity index (χ0) is 14.0. The molecule has 1 atom stereocenters. The summed E-state index contributed by atoms with van der Waals surface area (Å²) in [5.41, 5.74) is 0. The van der Waals surface area contributed by atoms with Crippen molar-refractivity contribution in [1.29, 1.82) is 0 Å². The number of aliphatic imine (C=N–C) groups is 1. The van der Waals surface area contributed by atoms with E-state index in [1.54, 1.807) is 7.05 Å². The van der Waals surface area contributed by atoms with Crippen LogP contribution in [0.15, 0.2) is 17.6 Å². The molecular weight excluding hydrogens is 230 g/mol. The third-order valence-corrected chi connectivity index (χ3v) is 2.65. The Kier molecular flexibility index (Phi) is 8.70. The van der Waals surface area contributed by atoms with E-state index in [1.807, 2.05) is 24.9 Å². The van der Waals surface area contributed by atoms with Gasteiger partial charge in [0.2, 0.25) is 0 Å². The van der Waals surface area contributed by atoms with Crippen molar-refractivity contribution in [2.24, 2.45) is 10.9 Å². The van der Waals surface area contributed by atoms with Crippen LogP contribution >= 0.6 is 0 Å². The molecule has 0 aromatic carbocycles. The summed E-state index contributed by atoms with van der Waals surface area (Å²) in [7, 11) is 5.10. The number of methoxy groups -OCH3 is 1. The van der Waals surface area contributed by atoms with Gasteiger partial charge in [-0.15, -0.1) is 6.58 Å². The van der Waals surface area contributed by atoms with Gasteiger partial charge in [0.25, 0.3) is 0 Å². The second-order valence-electron chi connectivity index (χ2n) is 4.20. The van der Waals surface area contributed by atoms with Crippen LogP contribution in [0.3, 0.4) is 0 Å². The molecule has 5 heteroatoms. The van der Waals surface area contributed by atoms with Crippen LogP contribution in [0.4, 0.5) is 0 Å². The van der Waals surface area contributed by atoms with Crippen LogP contribution in [-0.4, -0.2) is 51.1 Å². The molecule has 0 aliphatic heterocycles. The van der Waals surface area contributed by atoms with Gasteiger partial charge in [0.05, 0.1) is 13.0 Å². The fraction of sp³-hybridized carbons (Fsp3) is 0.692. The van der Waals surface area contributed by atoms with Crippen molar-refractivity contribution in [2.75, 3.05) is 34.3 Å². The molecule has 104 valence electrons. The summed E-state index contributed by atoms with van der Waals surface area (Å²) in [6.45, 7) is 6.94. The molecule has 0 saturated heterocycles. The topological polar surface area (TPSA) is 53.9 Å². The number of unbranched alkanes of at least 4 members (excludes halogenated alkanes) is 1. The number of carbonyl (C=O) groups excluding carboxylic acids is 1. The van der Waals surface area contributed by atoms with E-state index in [1.165, 1.54) is 7.11 Å². The van der Waals surface area contributed by atoms with Gasteiger partial charge >= 0.3 is 5.97 Å². The molecule has 0 aliphatic carbocycles. The number of hydrogen-bond donors (Lipinski definition) is 1. The van der Waals surface area contributed by atoms with Gasteiger partial charge in [-0.2, -0.15) is 0 Å². The fourth-order valence-electron chi connectivity index (χ4n) is 1.49. The summed E-state index contributed by atoms with van der Waals surface area (Å²) < 4.78 is 4.67. The van der Waals surface area contributed by atoms with Gasteiger partial charge in [-0.1, -0.05) is 13.0 Å². The lowest BCUT2D eigenvalue weighted by Gasteiger charge is -2.22. The summed E-state index contributed by atoms with van der Waals surface area (Å²) in [6, 6.07) is 0. The highest BCUT2D eigenvalue weighted by molar-refractivity contribution is 5.80. The van der Waals surface area contributed by atoms with Crippen LogP contribution < -0.4 is 5.32 Å². The van der Waals surface area contributed by atoms with Crippen molar-refractivity contribution in [1.82, 2.24) is 10.2 Å². The number of guanidine groups is 1.